The Morgan fingerprint density at radius 1 is 0.446 bits per heavy atom. The zero-order valence-corrected chi connectivity index (χ0v) is 38.2. The van der Waals surface area contributed by atoms with Gasteiger partial charge in [0.05, 0.1) is 171 Å². The molecule has 0 unspecified atom stereocenters. The van der Waals surface area contributed by atoms with Crippen LogP contribution >= 0.6 is 0 Å². The Kier molecular flexibility index (Phi) is 43.5. The molecule has 0 spiro atoms. The van der Waals surface area contributed by atoms with Gasteiger partial charge in [-0.1, -0.05) is 15.3 Å². The fourth-order valence-corrected chi connectivity index (χ4v) is 5.68. The minimum absolute atomic E-state index is 0.00937. The lowest BCUT2D eigenvalue weighted by atomic mass is 9.92. The molecule has 26 nitrogen and oxygen atoms in total. The summed E-state index contributed by atoms with van der Waals surface area (Å²) in [6, 6.07) is 0. The number of hydrogen-bond donors (Lipinski definition) is 1. The Bertz CT molecular complexity index is 1140. The number of piperazine rings is 1. The molecule has 0 radical (unpaired) electrons. The molecule has 0 aromatic rings. The van der Waals surface area contributed by atoms with Crippen molar-refractivity contribution in [2.24, 2.45) is 20.8 Å². The van der Waals surface area contributed by atoms with E-state index in [4.69, 9.17) is 78.2 Å². The molecule has 0 atom stereocenters. The fourth-order valence-electron chi connectivity index (χ4n) is 5.68. The van der Waals surface area contributed by atoms with Crippen molar-refractivity contribution < 1.29 is 71.5 Å². The van der Waals surface area contributed by atoms with Crippen LogP contribution in [0.1, 0.15) is 12.8 Å². The van der Waals surface area contributed by atoms with Crippen molar-refractivity contribution in [3.05, 3.63) is 31.3 Å². The Hall–Kier alpha value is -3.20. The van der Waals surface area contributed by atoms with Crippen LogP contribution in [0.4, 0.5) is 0 Å². The molecule has 1 N–H and O–H groups in total. The first-order valence-corrected chi connectivity index (χ1v) is 22.3. The highest BCUT2D eigenvalue weighted by Gasteiger charge is 2.34. The summed E-state index contributed by atoms with van der Waals surface area (Å²) in [5.74, 6) is -0.327. The van der Waals surface area contributed by atoms with Crippen molar-refractivity contribution in [3.8, 4) is 0 Å². The van der Waals surface area contributed by atoms with Gasteiger partial charge in [0, 0.05) is 73.5 Å². The molecule has 376 valence electrons. The van der Waals surface area contributed by atoms with Crippen LogP contribution in [0.25, 0.3) is 31.3 Å². The summed E-state index contributed by atoms with van der Waals surface area (Å²) >= 11 is 0. The second kappa shape index (κ2) is 47.3. The first kappa shape index (κ1) is 59.8. The van der Waals surface area contributed by atoms with Gasteiger partial charge in [0.25, 0.3) is 0 Å². The molecule has 1 rings (SSSR count). The van der Waals surface area contributed by atoms with Gasteiger partial charge in [0.1, 0.15) is 6.61 Å². The summed E-state index contributed by atoms with van der Waals surface area (Å²) in [6.45, 7) is 13.5. The Balaban J connectivity index is 2.68. The average Bonchev–Trinajstić information content (AvgIpc) is 3.31. The van der Waals surface area contributed by atoms with Gasteiger partial charge in [0.2, 0.25) is 0 Å². The molecular weight excluding hydrogens is 862 g/mol. The third-order valence-corrected chi connectivity index (χ3v) is 9.05. The zero-order valence-electron chi connectivity index (χ0n) is 38.2. The highest BCUT2D eigenvalue weighted by atomic mass is 16.6. The summed E-state index contributed by atoms with van der Waals surface area (Å²) in [5, 5.41) is 19.5. The van der Waals surface area contributed by atoms with Crippen LogP contribution in [0.5, 0.6) is 0 Å². The largest absolute Gasteiger partial charge is 0.465 e. The molecule has 0 aromatic heterocycles. The summed E-state index contributed by atoms with van der Waals surface area (Å²) < 4.78 is 73.7. The third-order valence-electron chi connectivity index (χ3n) is 9.05. The van der Waals surface area contributed by atoms with Gasteiger partial charge in [0.15, 0.2) is 0 Å². The number of hydrogen-bond acceptors (Lipinski definition) is 20. The Morgan fingerprint density at radius 3 is 1.05 bits per heavy atom. The predicted molar refractivity (Wildman–Crippen MR) is 234 cm³/mol. The van der Waals surface area contributed by atoms with Crippen LogP contribution < -0.4 is 0 Å². The van der Waals surface area contributed by atoms with Crippen molar-refractivity contribution >= 4 is 5.97 Å². The highest BCUT2D eigenvalue weighted by Crippen LogP contribution is 2.21. The maximum atomic E-state index is 13.1. The number of aliphatic hydroxyl groups excluding tert-OH is 1. The molecule has 1 aliphatic rings. The van der Waals surface area contributed by atoms with Crippen molar-refractivity contribution in [2.45, 2.75) is 12.8 Å². The maximum absolute atomic E-state index is 13.1. The van der Waals surface area contributed by atoms with Gasteiger partial charge in [-0.2, -0.15) is 0 Å². The lowest BCUT2D eigenvalue weighted by molar-refractivity contribution is -0.158. The first-order chi connectivity index (χ1) is 32.1. The molecular formula is C39H75N11O15. The van der Waals surface area contributed by atoms with Crippen molar-refractivity contribution in [3.63, 3.8) is 0 Å². The zero-order chi connectivity index (χ0) is 46.8. The van der Waals surface area contributed by atoms with Gasteiger partial charge in [-0.05, 0) is 29.6 Å². The van der Waals surface area contributed by atoms with Crippen LogP contribution in [0, 0.1) is 5.41 Å². The van der Waals surface area contributed by atoms with Crippen molar-refractivity contribution in [2.75, 3.05) is 231 Å². The van der Waals surface area contributed by atoms with Crippen LogP contribution in [0.2, 0.25) is 0 Å². The van der Waals surface area contributed by atoms with Gasteiger partial charge >= 0.3 is 5.97 Å². The topological polar surface area (TPSA) is 310 Å². The molecule has 1 aliphatic heterocycles. The SMILES string of the molecule is [N-]=[N+]=NCCOCCOCCOCCOCC(COCCOCCOCCOCCN=[N+]=[N-])(COCCOCCOCCOCCN=[N+]=[N-])COC(=O)CCCN1CCN(CCO)CC1. The summed E-state index contributed by atoms with van der Waals surface area (Å²) in [7, 11) is 0. The summed E-state index contributed by atoms with van der Waals surface area (Å²) in [6.07, 6.45) is 0.903. The van der Waals surface area contributed by atoms with E-state index in [0.29, 0.717) is 132 Å². The molecule has 0 bridgehead atoms. The summed E-state index contributed by atoms with van der Waals surface area (Å²) in [5.41, 5.74) is 24.1. The fraction of sp³-hybridized carbons (Fsp3) is 0.974. The van der Waals surface area contributed by atoms with E-state index in [1.807, 2.05) is 0 Å². The number of esters is 1. The van der Waals surface area contributed by atoms with Gasteiger partial charge in [-0.15, -0.1) is 0 Å². The number of nitrogens with zero attached hydrogens (tertiary/aromatic N) is 11. The number of azide groups is 3. The molecule has 26 heteroatoms. The van der Waals surface area contributed by atoms with Crippen LogP contribution in [-0.2, 0) is 66.4 Å². The van der Waals surface area contributed by atoms with Gasteiger partial charge in [-0.25, -0.2) is 0 Å². The molecule has 0 aromatic carbocycles. The third kappa shape index (κ3) is 39.7. The average molecular weight is 938 g/mol. The lowest BCUT2D eigenvalue weighted by Crippen LogP contribution is -2.47. The molecule has 1 fully saturated rings. The standard InChI is InChI=1S/C39H75N11O15/c40-46-43-3-13-53-16-19-56-22-25-59-28-31-62-34-39(35-63-32-29-60-26-23-57-20-17-54-14-4-44-47-41,36-64-33-30-61-27-24-58-21-18-55-15-5-45-48-42)37-65-38(52)2-1-6-49-7-9-50(10-8-49)11-12-51/h51H,1-37H2. The van der Waals surface area contributed by atoms with Crippen LogP contribution in [-0.4, -0.2) is 252 Å². The van der Waals surface area contributed by atoms with Crippen LogP contribution in [0.3, 0.4) is 0 Å². The van der Waals surface area contributed by atoms with E-state index in [2.05, 4.69) is 39.9 Å². The quantitative estimate of drug-likeness (QED) is 0.0300. The van der Waals surface area contributed by atoms with E-state index >= 15 is 0 Å². The smallest absolute Gasteiger partial charge is 0.305 e. The summed E-state index contributed by atoms with van der Waals surface area (Å²) in [4.78, 5) is 25.7. The first-order valence-electron chi connectivity index (χ1n) is 22.3. The normalized spacial score (nSPS) is 14.0. The molecule has 0 amide bonds. The molecule has 1 heterocycles. The van der Waals surface area contributed by atoms with Crippen molar-refractivity contribution in [1.82, 2.24) is 9.80 Å². The minimum atomic E-state index is -0.871. The van der Waals surface area contributed by atoms with Crippen molar-refractivity contribution in [1.29, 1.82) is 0 Å². The monoisotopic (exact) mass is 938 g/mol. The number of carbonyl (C=O) groups excluding carboxylic acids is 1. The van der Waals surface area contributed by atoms with E-state index in [1.165, 1.54) is 0 Å². The molecule has 0 saturated carbocycles. The van der Waals surface area contributed by atoms with Gasteiger partial charge in [-0.3, -0.25) is 9.69 Å². The number of ether oxygens (including phenoxy) is 13. The minimum Gasteiger partial charge on any atom is -0.465 e. The second-order valence-electron chi connectivity index (χ2n) is 14.2. The maximum Gasteiger partial charge on any atom is 0.305 e. The molecule has 0 aliphatic carbocycles. The van der Waals surface area contributed by atoms with E-state index in [-0.39, 0.29) is 84.9 Å². The van der Waals surface area contributed by atoms with E-state index in [0.717, 1.165) is 32.7 Å². The Labute approximate surface area is 382 Å². The number of rotatable bonds is 50. The second-order valence-corrected chi connectivity index (χ2v) is 14.2. The van der Waals surface area contributed by atoms with Crippen LogP contribution in [0.15, 0.2) is 15.3 Å². The predicted octanol–water partition coefficient (Wildman–Crippen LogP) is 2.04. The number of β-amino-alcohol motifs (C(OH)–C–C–N with tert-alkyl or cyclic N) is 1. The lowest BCUT2D eigenvalue weighted by Gasteiger charge is -2.34. The van der Waals surface area contributed by atoms with E-state index in [9.17, 15) is 9.90 Å². The highest BCUT2D eigenvalue weighted by molar-refractivity contribution is 5.69. The van der Waals surface area contributed by atoms with E-state index < -0.39 is 5.41 Å². The molecule has 65 heavy (non-hydrogen) atoms. The van der Waals surface area contributed by atoms with Gasteiger partial charge < -0.3 is 71.6 Å². The molecule has 1 saturated heterocycles. The van der Waals surface area contributed by atoms with E-state index in [1.54, 1.807) is 0 Å². The number of aliphatic hydroxyl groups is 1. The number of carbonyl (C=O) groups is 1. The Morgan fingerprint density at radius 2 is 0.738 bits per heavy atom.